The highest BCUT2D eigenvalue weighted by Crippen LogP contribution is 2.25. The summed E-state index contributed by atoms with van der Waals surface area (Å²) >= 11 is 1.29. The Morgan fingerprint density at radius 1 is 0.759 bits per heavy atom. The number of hydrogen-bond donors (Lipinski definition) is 0. The van der Waals surface area contributed by atoms with Crippen LogP contribution < -0.4 is 4.74 Å². The first-order valence-corrected chi connectivity index (χ1v) is 12.1. The monoisotopic (exact) mass is 412 g/mol. The lowest BCUT2D eigenvalue weighted by Crippen LogP contribution is -1.98. The largest absolute Gasteiger partial charge is 0.494 e. The molecule has 0 bridgehead atoms. The Bertz CT molecular complexity index is 692. The summed E-state index contributed by atoms with van der Waals surface area (Å²) in [6.45, 7) is 5.21. The van der Waals surface area contributed by atoms with Crippen LogP contribution in [0.3, 0.4) is 0 Å². The summed E-state index contributed by atoms with van der Waals surface area (Å²) in [5.74, 6) is 0.842. The van der Waals surface area contributed by atoms with E-state index in [4.69, 9.17) is 4.74 Å². The lowest BCUT2D eigenvalue weighted by molar-refractivity contribution is 0.108. The van der Waals surface area contributed by atoms with Gasteiger partial charge in [-0.05, 0) is 73.0 Å². The zero-order valence-electron chi connectivity index (χ0n) is 18.1. The van der Waals surface area contributed by atoms with Crippen LogP contribution in [0.2, 0.25) is 0 Å². The zero-order valence-corrected chi connectivity index (χ0v) is 18.9. The van der Waals surface area contributed by atoms with Crippen LogP contribution in [0, 0.1) is 0 Å². The van der Waals surface area contributed by atoms with E-state index in [0.717, 1.165) is 30.1 Å². The fourth-order valence-electron chi connectivity index (χ4n) is 3.23. The van der Waals surface area contributed by atoms with Gasteiger partial charge >= 0.3 is 0 Å². The third-order valence-electron chi connectivity index (χ3n) is 5.06. The fourth-order valence-corrected chi connectivity index (χ4v) is 3.97. The Hall–Kier alpha value is -1.74. The molecule has 0 saturated carbocycles. The van der Waals surface area contributed by atoms with Crippen molar-refractivity contribution in [1.82, 2.24) is 0 Å². The molecule has 0 aliphatic rings. The summed E-state index contributed by atoms with van der Waals surface area (Å²) in [6, 6.07) is 16.0. The van der Waals surface area contributed by atoms with Gasteiger partial charge in [0.05, 0.1) is 6.61 Å². The molecule has 2 nitrogen and oxygen atoms in total. The number of unbranched alkanes of at least 4 members (excludes halogenated alkanes) is 7. The molecule has 158 valence electrons. The summed E-state index contributed by atoms with van der Waals surface area (Å²) in [6.07, 6.45) is 12.4. The van der Waals surface area contributed by atoms with Crippen molar-refractivity contribution in [2.24, 2.45) is 0 Å². The van der Waals surface area contributed by atoms with Gasteiger partial charge in [-0.1, -0.05) is 70.9 Å². The number of rotatable bonds is 14. The second-order valence-electron chi connectivity index (χ2n) is 7.63. The van der Waals surface area contributed by atoms with Crippen LogP contribution in [-0.2, 0) is 6.42 Å². The van der Waals surface area contributed by atoms with Crippen LogP contribution in [0.25, 0.3) is 0 Å². The van der Waals surface area contributed by atoms with E-state index in [9.17, 15) is 4.79 Å². The molecule has 0 heterocycles. The minimum absolute atomic E-state index is 0.0758. The molecule has 0 fully saturated rings. The molecule has 0 unspecified atom stereocenters. The van der Waals surface area contributed by atoms with Crippen LogP contribution in [0.5, 0.6) is 5.75 Å². The van der Waals surface area contributed by atoms with E-state index in [1.807, 2.05) is 24.3 Å². The van der Waals surface area contributed by atoms with Crippen molar-refractivity contribution in [2.75, 3.05) is 6.61 Å². The molecule has 0 saturated heterocycles. The molecular formula is C26H36O2S. The number of benzene rings is 2. The standard InChI is InChI=1S/C26H36O2S/c1-3-5-7-9-11-21-28-24-17-15-23(16-18-24)26(27)29-25-19-13-22(14-20-25)12-10-8-6-4-2/h13-20H,3-12,21H2,1-2H3. The van der Waals surface area contributed by atoms with E-state index in [0.29, 0.717) is 5.56 Å². The lowest BCUT2D eigenvalue weighted by atomic mass is 10.1. The molecule has 3 heteroatoms. The number of ether oxygens (including phenoxy) is 1. The van der Waals surface area contributed by atoms with E-state index in [1.165, 1.54) is 68.7 Å². The van der Waals surface area contributed by atoms with E-state index >= 15 is 0 Å². The first kappa shape index (κ1) is 23.5. The molecule has 0 radical (unpaired) electrons. The number of carbonyl (C=O) groups excluding carboxylic acids is 1. The van der Waals surface area contributed by atoms with Gasteiger partial charge in [0.1, 0.15) is 5.75 Å². The molecule has 29 heavy (non-hydrogen) atoms. The molecule has 0 aliphatic carbocycles. The van der Waals surface area contributed by atoms with Gasteiger partial charge in [-0.2, -0.15) is 0 Å². The molecule has 2 aromatic rings. The Morgan fingerprint density at radius 3 is 2.03 bits per heavy atom. The maximum Gasteiger partial charge on any atom is 0.224 e. The molecule has 0 spiro atoms. The summed E-state index contributed by atoms with van der Waals surface area (Å²) < 4.78 is 5.78. The van der Waals surface area contributed by atoms with Gasteiger partial charge in [-0.3, -0.25) is 4.79 Å². The topological polar surface area (TPSA) is 26.3 Å². The van der Waals surface area contributed by atoms with Crippen LogP contribution in [0.1, 0.15) is 87.6 Å². The Morgan fingerprint density at radius 2 is 1.38 bits per heavy atom. The molecule has 0 N–H and O–H groups in total. The maximum absolute atomic E-state index is 12.5. The van der Waals surface area contributed by atoms with E-state index in [1.54, 1.807) is 0 Å². The highest BCUT2D eigenvalue weighted by molar-refractivity contribution is 8.14. The van der Waals surface area contributed by atoms with Crippen molar-refractivity contribution in [3.63, 3.8) is 0 Å². The average molecular weight is 413 g/mol. The van der Waals surface area contributed by atoms with Crippen LogP contribution in [0.4, 0.5) is 0 Å². The van der Waals surface area contributed by atoms with E-state index in [-0.39, 0.29) is 5.12 Å². The quantitative estimate of drug-likeness (QED) is 0.232. The highest BCUT2D eigenvalue weighted by Gasteiger charge is 2.08. The van der Waals surface area contributed by atoms with Crippen molar-refractivity contribution in [2.45, 2.75) is 83.0 Å². The number of thioether (sulfide) groups is 1. The normalized spacial score (nSPS) is 10.8. The van der Waals surface area contributed by atoms with Crippen LogP contribution >= 0.6 is 11.8 Å². The SMILES string of the molecule is CCCCCCCOc1ccc(C(=O)Sc2ccc(CCCCCC)cc2)cc1. The number of hydrogen-bond acceptors (Lipinski definition) is 3. The van der Waals surface area contributed by atoms with Gasteiger partial charge in [0, 0.05) is 10.5 Å². The maximum atomic E-state index is 12.5. The third kappa shape index (κ3) is 9.54. The van der Waals surface area contributed by atoms with Crippen molar-refractivity contribution in [3.8, 4) is 5.75 Å². The zero-order chi connectivity index (χ0) is 20.7. The smallest absolute Gasteiger partial charge is 0.224 e. The van der Waals surface area contributed by atoms with Gasteiger partial charge in [0.15, 0.2) is 0 Å². The van der Waals surface area contributed by atoms with Crippen molar-refractivity contribution >= 4 is 16.9 Å². The molecule has 0 aromatic heterocycles. The van der Waals surface area contributed by atoms with Crippen molar-refractivity contribution in [1.29, 1.82) is 0 Å². The van der Waals surface area contributed by atoms with Crippen molar-refractivity contribution in [3.05, 3.63) is 59.7 Å². The fraction of sp³-hybridized carbons (Fsp3) is 0.500. The molecule has 0 aliphatic heterocycles. The van der Waals surface area contributed by atoms with E-state index < -0.39 is 0 Å². The Kier molecular flexibility index (Phi) is 11.6. The highest BCUT2D eigenvalue weighted by atomic mass is 32.2. The second kappa shape index (κ2) is 14.3. The Balaban J connectivity index is 1.74. The van der Waals surface area contributed by atoms with Gasteiger partial charge in [0.2, 0.25) is 5.12 Å². The van der Waals surface area contributed by atoms with Gasteiger partial charge in [-0.15, -0.1) is 0 Å². The van der Waals surface area contributed by atoms with E-state index in [2.05, 4.69) is 38.1 Å². The van der Waals surface area contributed by atoms with Gasteiger partial charge < -0.3 is 4.74 Å². The molecular weight excluding hydrogens is 376 g/mol. The molecule has 2 aromatic carbocycles. The Labute approximate surface area is 181 Å². The summed E-state index contributed by atoms with van der Waals surface area (Å²) in [5.41, 5.74) is 2.07. The van der Waals surface area contributed by atoms with Crippen molar-refractivity contribution < 1.29 is 9.53 Å². The predicted octanol–water partition coefficient (Wildman–Crippen LogP) is 8.09. The third-order valence-corrected chi connectivity index (χ3v) is 5.99. The summed E-state index contributed by atoms with van der Waals surface area (Å²) in [7, 11) is 0. The first-order valence-electron chi connectivity index (χ1n) is 11.3. The predicted molar refractivity (Wildman–Crippen MR) is 125 cm³/mol. The number of aryl methyl sites for hydroxylation is 1. The summed E-state index contributed by atoms with van der Waals surface area (Å²) in [4.78, 5) is 13.5. The van der Waals surface area contributed by atoms with Gasteiger partial charge in [0.25, 0.3) is 0 Å². The first-order chi connectivity index (χ1) is 14.2. The summed E-state index contributed by atoms with van der Waals surface area (Å²) in [5, 5.41) is 0.0758. The second-order valence-corrected chi connectivity index (χ2v) is 8.68. The average Bonchev–Trinajstić information content (AvgIpc) is 2.75. The molecule has 2 rings (SSSR count). The van der Waals surface area contributed by atoms with Crippen LogP contribution in [0.15, 0.2) is 53.4 Å². The minimum Gasteiger partial charge on any atom is -0.494 e. The lowest BCUT2D eigenvalue weighted by Gasteiger charge is -2.07. The number of carbonyl (C=O) groups is 1. The molecule has 0 atom stereocenters. The minimum atomic E-state index is 0.0758. The molecule has 0 amide bonds. The van der Waals surface area contributed by atoms with Crippen LogP contribution in [-0.4, -0.2) is 11.7 Å². The van der Waals surface area contributed by atoms with Gasteiger partial charge in [-0.25, -0.2) is 0 Å².